The molecule has 19 heavy (non-hydrogen) atoms. The molecule has 0 aromatic heterocycles. The van der Waals surface area contributed by atoms with Crippen LogP contribution in [0.4, 0.5) is 5.69 Å². The zero-order valence-corrected chi connectivity index (χ0v) is 11.6. The number of piperidine rings is 1. The van der Waals surface area contributed by atoms with Gasteiger partial charge in [0.1, 0.15) is 5.54 Å². The van der Waals surface area contributed by atoms with Crippen LogP contribution >= 0.6 is 0 Å². The van der Waals surface area contributed by atoms with E-state index in [4.69, 9.17) is 5.73 Å². The van der Waals surface area contributed by atoms with E-state index in [2.05, 4.69) is 11.9 Å². The fourth-order valence-electron chi connectivity index (χ4n) is 3.21. The van der Waals surface area contributed by atoms with E-state index in [-0.39, 0.29) is 11.9 Å². The summed E-state index contributed by atoms with van der Waals surface area (Å²) in [5.74, 6) is 0.0447. The first-order valence-corrected chi connectivity index (χ1v) is 6.92. The third-order valence-electron chi connectivity index (χ3n) is 4.44. The molecule has 2 N–H and O–H groups in total. The Kier molecular flexibility index (Phi) is 2.87. The standard InChI is InChI=1S/C15H21N3O/c1-15(16)12-5-3-4-6-13(12)18(14(15)19)11-7-9-17(2)10-8-11/h3-6,11H,7-10,16H2,1-2H3. The summed E-state index contributed by atoms with van der Waals surface area (Å²) in [5, 5.41) is 0. The van der Waals surface area contributed by atoms with Gasteiger partial charge in [-0.1, -0.05) is 18.2 Å². The summed E-state index contributed by atoms with van der Waals surface area (Å²) in [4.78, 5) is 16.9. The van der Waals surface area contributed by atoms with Crippen molar-refractivity contribution >= 4 is 11.6 Å². The predicted molar refractivity (Wildman–Crippen MR) is 76.0 cm³/mol. The van der Waals surface area contributed by atoms with E-state index in [0.29, 0.717) is 0 Å². The van der Waals surface area contributed by atoms with E-state index in [1.165, 1.54) is 0 Å². The average Bonchev–Trinajstić information content (AvgIpc) is 2.60. The summed E-state index contributed by atoms with van der Waals surface area (Å²) < 4.78 is 0. The van der Waals surface area contributed by atoms with Gasteiger partial charge in [-0.25, -0.2) is 0 Å². The minimum atomic E-state index is -0.875. The Hall–Kier alpha value is -1.39. The first-order chi connectivity index (χ1) is 9.01. The van der Waals surface area contributed by atoms with Gasteiger partial charge in [-0.15, -0.1) is 0 Å². The van der Waals surface area contributed by atoms with Crippen LogP contribution in [0, 0.1) is 0 Å². The molecule has 0 spiro atoms. The molecule has 1 atom stereocenters. The van der Waals surface area contributed by atoms with Gasteiger partial charge >= 0.3 is 0 Å². The summed E-state index contributed by atoms with van der Waals surface area (Å²) in [7, 11) is 2.13. The number of carbonyl (C=O) groups excluding carboxylic acids is 1. The van der Waals surface area contributed by atoms with Crippen molar-refractivity contribution in [2.75, 3.05) is 25.0 Å². The van der Waals surface area contributed by atoms with Crippen LogP contribution in [-0.2, 0) is 10.3 Å². The lowest BCUT2D eigenvalue weighted by atomic mass is 9.95. The van der Waals surface area contributed by atoms with Gasteiger partial charge in [0.25, 0.3) is 5.91 Å². The molecular weight excluding hydrogens is 238 g/mol. The monoisotopic (exact) mass is 259 g/mol. The maximum atomic E-state index is 12.7. The third-order valence-corrected chi connectivity index (χ3v) is 4.44. The molecule has 2 aliphatic heterocycles. The Balaban J connectivity index is 1.97. The highest BCUT2D eigenvalue weighted by atomic mass is 16.2. The van der Waals surface area contributed by atoms with Crippen LogP contribution in [0.15, 0.2) is 24.3 Å². The van der Waals surface area contributed by atoms with E-state index in [1.54, 1.807) is 0 Å². The van der Waals surface area contributed by atoms with Crippen molar-refractivity contribution in [3.05, 3.63) is 29.8 Å². The normalized spacial score (nSPS) is 28.8. The Morgan fingerprint density at radius 2 is 1.89 bits per heavy atom. The van der Waals surface area contributed by atoms with Crippen molar-refractivity contribution < 1.29 is 4.79 Å². The maximum Gasteiger partial charge on any atom is 0.251 e. The van der Waals surface area contributed by atoms with Gasteiger partial charge in [-0.2, -0.15) is 0 Å². The number of amides is 1. The molecule has 0 radical (unpaired) electrons. The molecule has 2 heterocycles. The minimum absolute atomic E-state index is 0.0447. The Morgan fingerprint density at radius 3 is 2.58 bits per heavy atom. The smallest absolute Gasteiger partial charge is 0.251 e. The second-order valence-electron chi connectivity index (χ2n) is 5.93. The van der Waals surface area contributed by atoms with Crippen molar-refractivity contribution in [2.24, 2.45) is 5.73 Å². The van der Waals surface area contributed by atoms with Crippen LogP contribution in [0.5, 0.6) is 0 Å². The zero-order valence-electron chi connectivity index (χ0n) is 11.6. The van der Waals surface area contributed by atoms with E-state index in [9.17, 15) is 4.79 Å². The summed E-state index contributed by atoms with van der Waals surface area (Å²) in [5.41, 5.74) is 7.34. The molecule has 1 aromatic carbocycles. The van der Waals surface area contributed by atoms with Crippen molar-refractivity contribution in [3.8, 4) is 0 Å². The van der Waals surface area contributed by atoms with Gasteiger partial charge in [0.15, 0.2) is 0 Å². The topological polar surface area (TPSA) is 49.6 Å². The first-order valence-electron chi connectivity index (χ1n) is 6.92. The predicted octanol–water partition coefficient (Wildman–Crippen LogP) is 1.30. The largest absolute Gasteiger partial charge is 0.314 e. The average molecular weight is 259 g/mol. The number of para-hydroxylation sites is 1. The molecule has 1 saturated heterocycles. The lowest BCUT2D eigenvalue weighted by Crippen LogP contribution is -2.51. The quantitative estimate of drug-likeness (QED) is 0.827. The summed E-state index contributed by atoms with van der Waals surface area (Å²) in [6.45, 7) is 3.90. The van der Waals surface area contributed by atoms with Gasteiger partial charge < -0.3 is 15.5 Å². The molecule has 3 rings (SSSR count). The van der Waals surface area contributed by atoms with Gasteiger partial charge in [0.05, 0.1) is 0 Å². The van der Waals surface area contributed by atoms with Crippen molar-refractivity contribution in [3.63, 3.8) is 0 Å². The number of hydrogen-bond donors (Lipinski definition) is 1. The Morgan fingerprint density at radius 1 is 1.26 bits per heavy atom. The van der Waals surface area contributed by atoms with Gasteiger partial charge in [0, 0.05) is 17.3 Å². The summed E-state index contributed by atoms with van der Waals surface area (Å²) in [6, 6.07) is 8.21. The number of nitrogens with zero attached hydrogens (tertiary/aromatic N) is 2. The number of likely N-dealkylation sites (tertiary alicyclic amines) is 1. The van der Waals surface area contributed by atoms with E-state index in [1.807, 2.05) is 36.1 Å². The van der Waals surface area contributed by atoms with Crippen LogP contribution in [0.25, 0.3) is 0 Å². The molecule has 102 valence electrons. The Labute approximate surface area is 114 Å². The third kappa shape index (κ3) is 1.86. The lowest BCUT2D eigenvalue weighted by molar-refractivity contribution is -0.123. The number of fused-ring (bicyclic) bond motifs is 1. The molecule has 1 aromatic rings. The molecule has 0 bridgehead atoms. The highest BCUT2D eigenvalue weighted by molar-refractivity contribution is 6.07. The lowest BCUT2D eigenvalue weighted by Gasteiger charge is -2.36. The van der Waals surface area contributed by atoms with Gasteiger partial charge in [-0.05, 0) is 46.0 Å². The van der Waals surface area contributed by atoms with Crippen molar-refractivity contribution in [1.82, 2.24) is 4.90 Å². The van der Waals surface area contributed by atoms with Crippen molar-refractivity contribution in [2.45, 2.75) is 31.3 Å². The SMILES string of the molecule is CN1CCC(N2C(=O)C(C)(N)c3ccccc32)CC1. The fraction of sp³-hybridized carbons (Fsp3) is 0.533. The van der Waals surface area contributed by atoms with Crippen LogP contribution in [-0.4, -0.2) is 37.0 Å². The van der Waals surface area contributed by atoms with Crippen LogP contribution in [0.2, 0.25) is 0 Å². The zero-order chi connectivity index (χ0) is 13.6. The van der Waals surface area contributed by atoms with Gasteiger partial charge in [-0.3, -0.25) is 4.79 Å². The minimum Gasteiger partial charge on any atom is -0.314 e. The maximum absolute atomic E-state index is 12.7. The molecule has 1 unspecified atom stereocenters. The van der Waals surface area contributed by atoms with Crippen LogP contribution in [0.1, 0.15) is 25.3 Å². The number of hydrogen-bond acceptors (Lipinski definition) is 3. The molecule has 0 saturated carbocycles. The molecule has 2 aliphatic rings. The summed E-state index contributed by atoms with van der Waals surface area (Å²) in [6.07, 6.45) is 2.04. The summed E-state index contributed by atoms with van der Waals surface area (Å²) >= 11 is 0. The van der Waals surface area contributed by atoms with E-state index in [0.717, 1.165) is 37.2 Å². The van der Waals surface area contributed by atoms with Crippen molar-refractivity contribution in [1.29, 1.82) is 0 Å². The van der Waals surface area contributed by atoms with E-state index < -0.39 is 5.54 Å². The van der Waals surface area contributed by atoms with E-state index >= 15 is 0 Å². The fourth-order valence-corrected chi connectivity index (χ4v) is 3.21. The highest BCUT2D eigenvalue weighted by Gasteiger charge is 2.47. The van der Waals surface area contributed by atoms with Gasteiger partial charge in [0.2, 0.25) is 0 Å². The first kappa shape index (κ1) is 12.6. The molecule has 1 fully saturated rings. The number of benzene rings is 1. The molecular formula is C15H21N3O. The Bertz CT molecular complexity index is 504. The highest BCUT2D eigenvalue weighted by Crippen LogP contribution is 2.40. The number of carbonyl (C=O) groups is 1. The second-order valence-corrected chi connectivity index (χ2v) is 5.93. The molecule has 4 heteroatoms. The number of rotatable bonds is 1. The molecule has 4 nitrogen and oxygen atoms in total. The van der Waals surface area contributed by atoms with Crippen LogP contribution < -0.4 is 10.6 Å². The second kappa shape index (κ2) is 4.32. The number of nitrogens with two attached hydrogens (primary N) is 1. The molecule has 1 amide bonds. The van der Waals surface area contributed by atoms with Crippen LogP contribution in [0.3, 0.4) is 0 Å². The number of anilines is 1. The molecule has 0 aliphatic carbocycles.